The third-order valence-electron chi connectivity index (χ3n) is 6.62. The van der Waals surface area contributed by atoms with E-state index in [0.717, 1.165) is 34.9 Å². The van der Waals surface area contributed by atoms with Crippen molar-refractivity contribution >= 4 is 17.7 Å². The lowest BCUT2D eigenvalue weighted by Crippen LogP contribution is -2.49. The molecule has 0 aliphatic carbocycles. The Balaban J connectivity index is 2.20. The van der Waals surface area contributed by atoms with Gasteiger partial charge in [0.15, 0.2) is 0 Å². The Morgan fingerprint density at radius 1 is 0.902 bits per heavy atom. The highest BCUT2D eigenvalue weighted by atomic mass is 19.4. The number of anilines is 1. The SMILES string of the molecule is CC[C@@H]1CC(N(Cc2cc(C(F)(F)F)cc(C(F)(F)F)c2)C(C)=O)c2cc(C(F)(F)F)ccc2N1C(=O)OC(C)C. The Hall–Kier alpha value is -3.45. The maximum atomic E-state index is 13.7. The van der Waals surface area contributed by atoms with Gasteiger partial charge in [0.2, 0.25) is 5.91 Å². The first-order valence-corrected chi connectivity index (χ1v) is 12.5. The van der Waals surface area contributed by atoms with Gasteiger partial charge in [-0.3, -0.25) is 9.69 Å². The molecule has 0 saturated carbocycles. The van der Waals surface area contributed by atoms with E-state index in [0.29, 0.717) is 12.1 Å². The highest BCUT2D eigenvalue weighted by Crippen LogP contribution is 2.45. The summed E-state index contributed by atoms with van der Waals surface area (Å²) in [6.07, 6.45) is -16.4. The molecule has 0 N–H and O–H groups in total. The van der Waals surface area contributed by atoms with Crippen LogP contribution in [-0.4, -0.2) is 29.0 Å². The molecule has 226 valence electrons. The van der Waals surface area contributed by atoms with E-state index >= 15 is 0 Å². The predicted molar refractivity (Wildman–Crippen MR) is 130 cm³/mol. The highest BCUT2D eigenvalue weighted by Gasteiger charge is 2.42. The molecular formula is C27H27F9N2O3. The summed E-state index contributed by atoms with van der Waals surface area (Å²) in [5.74, 6) is -0.808. The monoisotopic (exact) mass is 598 g/mol. The number of ether oxygens (including phenoxy) is 1. The number of halogens is 9. The molecule has 2 aromatic carbocycles. The zero-order valence-electron chi connectivity index (χ0n) is 22.3. The molecule has 5 nitrogen and oxygen atoms in total. The molecule has 0 aromatic heterocycles. The van der Waals surface area contributed by atoms with E-state index in [1.54, 1.807) is 20.8 Å². The molecule has 0 fully saturated rings. The highest BCUT2D eigenvalue weighted by molar-refractivity contribution is 5.91. The first-order chi connectivity index (χ1) is 18.7. The molecule has 2 amide bonds. The van der Waals surface area contributed by atoms with Crippen molar-refractivity contribution in [3.8, 4) is 0 Å². The zero-order valence-corrected chi connectivity index (χ0v) is 22.3. The number of amides is 2. The van der Waals surface area contributed by atoms with Gasteiger partial charge in [0.05, 0.1) is 34.5 Å². The van der Waals surface area contributed by atoms with Crippen LogP contribution in [0.2, 0.25) is 0 Å². The van der Waals surface area contributed by atoms with Crippen molar-refractivity contribution in [3.63, 3.8) is 0 Å². The molecule has 1 aliphatic heterocycles. The van der Waals surface area contributed by atoms with Gasteiger partial charge in [0, 0.05) is 19.5 Å². The van der Waals surface area contributed by atoms with Gasteiger partial charge in [-0.2, -0.15) is 39.5 Å². The first-order valence-electron chi connectivity index (χ1n) is 12.5. The average Bonchev–Trinajstić information content (AvgIpc) is 2.83. The third-order valence-corrected chi connectivity index (χ3v) is 6.62. The molecule has 41 heavy (non-hydrogen) atoms. The summed E-state index contributed by atoms with van der Waals surface area (Å²) in [5.41, 5.74) is -4.99. The summed E-state index contributed by atoms with van der Waals surface area (Å²) in [6.45, 7) is 5.05. The fourth-order valence-electron chi connectivity index (χ4n) is 4.80. The number of hydrogen-bond acceptors (Lipinski definition) is 3. The number of rotatable bonds is 5. The van der Waals surface area contributed by atoms with Crippen molar-refractivity contribution in [2.45, 2.75) is 83.8 Å². The second-order valence-electron chi connectivity index (χ2n) is 9.95. The molecule has 1 heterocycles. The van der Waals surface area contributed by atoms with Crippen LogP contribution in [0.15, 0.2) is 36.4 Å². The Labute approximate surface area is 229 Å². The molecule has 2 aromatic rings. The third kappa shape index (κ3) is 7.25. The van der Waals surface area contributed by atoms with Gasteiger partial charge in [-0.05, 0) is 74.2 Å². The summed E-state index contributed by atoms with van der Waals surface area (Å²) in [6, 6.07) is 1.44. The average molecular weight is 599 g/mol. The summed E-state index contributed by atoms with van der Waals surface area (Å²) in [7, 11) is 0. The molecule has 0 saturated heterocycles. The normalized spacial score (nSPS) is 17.9. The van der Waals surface area contributed by atoms with Crippen LogP contribution in [0.5, 0.6) is 0 Å². The van der Waals surface area contributed by atoms with Gasteiger partial charge in [-0.15, -0.1) is 0 Å². The second kappa shape index (κ2) is 11.4. The topological polar surface area (TPSA) is 49.9 Å². The molecule has 0 spiro atoms. The molecule has 1 unspecified atom stereocenters. The zero-order chi connectivity index (χ0) is 31.1. The minimum atomic E-state index is -5.14. The van der Waals surface area contributed by atoms with E-state index in [-0.39, 0.29) is 30.2 Å². The van der Waals surface area contributed by atoms with Crippen LogP contribution in [0.1, 0.15) is 74.4 Å². The Morgan fingerprint density at radius 2 is 1.44 bits per heavy atom. The van der Waals surface area contributed by atoms with Gasteiger partial charge < -0.3 is 9.64 Å². The van der Waals surface area contributed by atoms with E-state index < -0.39 is 77.5 Å². The molecule has 1 aliphatic rings. The van der Waals surface area contributed by atoms with E-state index in [4.69, 9.17) is 4.74 Å². The van der Waals surface area contributed by atoms with Crippen LogP contribution >= 0.6 is 0 Å². The van der Waals surface area contributed by atoms with E-state index in [1.165, 1.54) is 0 Å². The van der Waals surface area contributed by atoms with Crippen LogP contribution in [0.25, 0.3) is 0 Å². The van der Waals surface area contributed by atoms with Crippen LogP contribution < -0.4 is 4.90 Å². The largest absolute Gasteiger partial charge is 0.446 e. The van der Waals surface area contributed by atoms with Crippen molar-refractivity contribution in [1.82, 2.24) is 4.90 Å². The van der Waals surface area contributed by atoms with Crippen molar-refractivity contribution < 1.29 is 53.8 Å². The van der Waals surface area contributed by atoms with Gasteiger partial charge in [0.1, 0.15) is 0 Å². The van der Waals surface area contributed by atoms with Gasteiger partial charge in [-0.25, -0.2) is 4.79 Å². The van der Waals surface area contributed by atoms with Crippen molar-refractivity contribution in [2.75, 3.05) is 4.90 Å². The van der Waals surface area contributed by atoms with Crippen LogP contribution in [0.4, 0.5) is 50.0 Å². The number of hydrogen-bond donors (Lipinski definition) is 0. The lowest BCUT2D eigenvalue weighted by molar-refractivity contribution is -0.143. The minimum Gasteiger partial charge on any atom is -0.446 e. The number of alkyl halides is 9. The molecule has 14 heteroatoms. The number of fused-ring (bicyclic) bond motifs is 1. The van der Waals surface area contributed by atoms with E-state index in [2.05, 4.69) is 0 Å². The molecule has 3 rings (SSSR count). The smallest absolute Gasteiger partial charge is 0.416 e. The van der Waals surface area contributed by atoms with Crippen LogP contribution in [-0.2, 0) is 34.6 Å². The lowest BCUT2D eigenvalue weighted by Gasteiger charge is -2.44. The molecule has 0 bridgehead atoms. The fraction of sp³-hybridized carbons (Fsp3) is 0.481. The Morgan fingerprint density at radius 3 is 1.88 bits per heavy atom. The number of carbonyl (C=O) groups is 2. The quantitative estimate of drug-likeness (QED) is 0.325. The standard InChI is InChI=1S/C27H27F9N2O3/c1-5-20-12-23(21-11-17(25(28,29)30)6-7-22(21)38(20)24(40)41-14(2)3)37(15(4)39)13-16-8-18(26(31,32)33)10-19(9-16)27(34,35)36/h6-11,14,20,23H,5,12-13H2,1-4H3/t20-,23?/m1/s1. The minimum absolute atomic E-state index is 0.0157. The van der Waals surface area contributed by atoms with Gasteiger partial charge in [-0.1, -0.05) is 6.92 Å². The number of nitrogens with zero attached hydrogens (tertiary/aromatic N) is 2. The maximum absolute atomic E-state index is 13.7. The molecular weight excluding hydrogens is 571 g/mol. The summed E-state index contributed by atoms with van der Waals surface area (Å²) >= 11 is 0. The predicted octanol–water partition coefficient (Wildman–Crippen LogP) is 8.37. The van der Waals surface area contributed by atoms with Crippen molar-refractivity contribution in [2.24, 2.45) is 0 Å². The molecule has 0 radical (unpaired) electrons. The second-order valence-corrected chi connectivity index (χ2v) is 9.95. The van der Waals surface area contributed by atoms with Gasteiger partial charge in [0.25, 0.3) is 0 Å². The van der Waals surface area contributed by atoms with Gasteiger partial charge >= 0.3 is 24.6 Å². The summed E-state index contributed by atoms with van der Waals surface area (Å²) < 4.78 is 127. The maximum Gasteiger partial charge on any atom is 0.416 e. The first kappa shape index (κ1) is 32.1. The lowest BCUT2D eigenvalue weighted by atomic mass is 9.87. The van der Waals surface area contributed by atoms with Crippen LogP contribution in [0, 0.1) is 0 Å². The summed E-state index contributed by atoms with van der Waals surface area (Å²) in [4.78, 5) is 27.9. The van der Waals surface area contributed by atoms with E-state index in [9.17, 15) is 49.1 Å². The molecule has 2 atom stereocenters. The number of carbonyl (C=O) groups excluding carboxylic acids is 2. The van der Waals surface area contributed by atoms with Crippen molar-refractivity contribution in [1.29, 1.82) is 0 Å². The van der Waals surface area contributed by atoms with Crippen LogP contribution in [0.3, 0.4) is 0 Å². The van der Waals surface area contributed by atoms with E-state index in [1.807, 2.05) is 0 Å². The summed E-state index contributed by atoms with van der Waals surface area (Å²) in [5, 5.41) is 0. The number of benzene rings is 2. The fourth-order valence-corrected chi connectivity index (χ4v) is 4.80. The Bertz CT molecular complexity index is 1250. The Kier molecular flexibility index (Phi) is 8.95. The van der Waals surface area contributed by atoms with Crippen molar-refractivity contribution in [3.05, 3.63) is 64.2 Å².